The molecule has 7 heteroatoms. The van der Waals surface area contributed by atoms with Gasteiger partial charge in [0.2, 0.25) is 0 Å². The van der Waals surface area contributed by atoms with E-state index in [1.807, 2.05) is 28.8 Å². The number of hydrogen-bond donors (Lipinski definition) is 0. The third kappa shape index (κ3) is 2.23. The summed E-state index contributed by atoms with van der Waals surface area (Å²) in [4.78, 5) is 14.3. The van der Waals surface area contributed by atoms with Crippen molar-refractivity contribution in [2.45, 2.75) is 12.5 Å². The van der Waals surface area contributed by atoms with E-state index in [4.69, 9.17) is 4.74 Å². The summed E-state index contributed by atoms with van der Waals surface area (Å²) in [5, 5.41) is 12.0. The summed E-state index contributed by atoms with van der Waals surface area (Å²) >= 11 is 1.53. The van der Waals surface area contributed by atoms with Crippen molar-refractivity contribution < 1.29 is 9.53 Å². The Labute approximate surface area is 121 Å². The Morgan fingerprint density at radius 2 is 2.45 bits per heavy atom. The van der Waals surface area contributed by atoms with Crippen LogP contribution in [0, 0.1) is 0 Å². The molecule has 0 N–H and O–H groups in total. The van der Waals surface area contributed by atoms with Crippen LogP contribution < -0.4 is 0 Å². The van der Waals surface area contributed by atoms with Crippen molar-refractivity contribution in [3.05, 3.63) is 33.8 Å². The van der Waals surface area contributed by atoms with Gasteiger partial charge in [-0.2, -0.15) is 11.3 Å². The highest BCUT2D eigenvalue weighted by Crippen LogP contribution is 2.27. The standard InChI is InChI=1S/C13H16N4O2S/c1-16-12-10(7-19-2)5-17(6-11(12)14-15-16)13(18)9-3-4-20-8-9/h3-4,8,10H,5-7H2,1-2H3. The molecule has 0 bridgehead atoms. The van der Waals surface area contributed by atoms with E-state index >= 15 is 0 Å². The molecule has 0 saturated heterocycles. The number of ether oxygens (including phenoxy) is 1. The van der Waals surface area contributed by atoms with Crippen molar-refractivity contribution in [2.24, 2.45) is 7.05 Å². The van der Waals surface area contributed by atoms with E-state index in [9.17, 15) is 4.79 Å². The Kier molecular flexibility index (Phi) is 3.54. The van der Waals surface area contributed by atoms with Crippen molar-refractivity contribution in [2.75, 3.05) is 20.3 Å². The largest absolute Gasteiger partial charge is 0.384 e. The van der Waals surface area contributed by atoms with E-state index in [-0.39, 0.29) is 11.8 Å². The van der Waals surface area contributed by atoms with E-state index < -0.39 is 0 Å². The Morgan fingerprint density at radius 1 is 1.60 bits per heavy atom. The molecule has 1 aliphatic heterocycles. The first-order chi connectivity index (χ1) is 9.70. The third-order valence-electron chi connectivity index (χ3n) is 3.54. The van der Waals surface area contributed by atoms with Gasteiger partial charge in [0.05, 0.1) is 24.4 Å². The van der Waals surface area contributed by atoms with Crippen LogP contribution in [0.25, 0.3) is 0 Å². The minimum Gasteiger partial charge on any atom is -0.384 e. The first-order valence-electron chi connectivity index (χ1n) is 6.39. The SMILES string of the molecule is COCC1CN(C(=O)c2ccsc2)Cc2nnn(C)c21. The zero-order chi connectivity index (χ0) is 14.1. The highest BCUT2D eigenvalue weighted by molar-refractivity contribution is 7.08. The van der Waals surface area contributed by atoms with E-state index in [0.717, 1.165) is 17.0 Å². The molecule has 0 aromatic carbocycles. The molecule has 20 heavy (non-hydrogen) atoms. The number of rotatable bonds is 3. The molecule has 0 radical (unpaired) electrons. The van der Waals surface area contributed by atoms with Crippen LogP contribution in [0.3, 0.4) is 0 Å². The molecule has 6 nitrogen and oxygen atoms in total. The first kappa shape index (κ1) is 13.3. The van der Waals surface area contributed by atoms with Gasteiger partial charge in [0.1, 0.15) is 5.69 Å². The maximum atomic E-state index is 12.5. The zero-order valence-electron chi connectivity index (χ0n) is 11.4. The van der Waals surface area contributed by atoms with Crippen LogP contribution >= 0.6 is 11.3 Å². The van der Waals surface area contributed by atoms with Crippen molar-refractivity contribution >= 4 is 17.2 Å². The molecule has 2 aromatic rings. The molecule has 1 unspecified atom stereocenters. The Bertz CT molecular complexity index is 608. The molecule has 3 heterocycles. The first-order valence-corrected chi connectivity index (χ1v) is 7.34. The number of carbonyl (C=O) groups is 1. The normalized spacial score (nSPS) is 18.1. The predicted molar refractivity (Wildman–Crippen MR) is 74.7 cm³/mol. The van der Waals surface area contributed by atoms with E-state index in [1.54, 1.807) is 11.8 Å². The Balaban J connectivity index is 1.88. The van der Waals surface area contributed by atoms with Crippen LogP contribution in [0.2, 0.25) is 0 Å². The van der Waals surface area contributed by atoms with Crippen LogP contribution in [-0.4, -0.2) is 46.1 Å². The Hall–Kier alpha value is -1.73. The topological polar surface area (TPSA) is 60.2 Å². The van der Waals surface area contributed by atoms with Crippen molar-refractivity contribution in [3.8, 4) is 0 Å². The average Bonchev–Trinajstić information content (AvgIpc) is 3.08. The van der Waals surface area contributed by atoms with Crippen LogP contribution in [0.1, 0.15) is 27.7 Å². The van der Waals surface area contributed by atoms with E-state index in [2.05, 4.69) is 10.3 Å². The van der Waals surface area contributed by atoms with Crippen molar-refractivity contribution in [1.82, 2.24) is 19.9 Å². The highest BCUT2D eigenvalue weighted by atomic mass is 32.1. The lowest BCUT2D eigenvalue weighted by Crippen LogP contribution is -2.40. The minimum atomic E-state index is 0.0451. The molecule has 1 aliphatic rings. The van der Waals surface area contributed by atoms with Crippen LogP contribution in [0.5, 0.6) is 0 Å². The Morgan fingerprint density at radius 3 is 3.15 bits per heavy atom. The smallest absolute Gasteiger partial charge is 0.255 e. The van der Waals surface area contributed by atoms with Gasteiger partial charge in [0.15, 0.2) is 0 Å². The quantitative estimate of drug-likeness (QED) is 0.854. The molecule has 1 atom stereocenters. The monoisotopic (exact) mass is 292 g/mol. The molecular formula is C13H16N4O2S. The average molecular weight is 292 g/mol. The number of hydrogen-bond acceptors (Lipinski definition) is 5. The number of methoxy groups -OCH3 is 1. The second kappa shape index (κ2) is 5.34. The molecule has 106 valence electrons. The summed E-state index contributed by atoms with van der Waals surface area (Å²) < 4.78 is 7.06. The van der Waals surface area contributed by atoms with Gasteiger partial charge < -0.3 is 9.64 Å². The van der Waals surface area contributed by atoms with Gasteiger partial charge in [-0.05, 0) is 11.4 Å². The van der Waals surface area contributed by atoms with E-state index in [0.29, 0.717) is 19.7 Å². The maximum absolute atomic E-state index is 12.5. The predicted octanol–water partition coefficient (Wildman–Crippen LogP) is 1.26. The zero-order valence-corrected chi connectivity index (χ0v) is 12.3. The molecule has 3 rings (SSSR count). The van der Waals surface area contributed by atoms with Gasteiger partial charge in [0.25, 0.3) is 5.91 Å². The summed E-state index contributed by atoms with van der Waals surface area (Å²) in [6, 6.07) is 1.85. The van der Waals surface area contributed by atoms with Gasteiger partial charge in [-0.3, -0.25) is 9.48 Å². The fourth-order valence-corrected chi connectivity index (χ4v) is 3.30. The third-order valence-corrected chi connectivity index (χ3v) is 4.22. The second-order valence-corrected chi connectivity index (χ2v) is 5.67. The number of nitrogens with zero attached hydrogens (tertiary/aromatic N) is 4. The summed E-state index contributed by atoms with van der Waals surface area (Å²) in [5.74, 6) is 0.162. The number of aromatic nitrogens is 3. The van der Waals surface area contributed by atoms with E-state index in [1.165, 1.54) is 11.3 Å². The summed E-state index contributed by atoms with van der Waals surface area (Å²) in [7, 11) is 3.55. The van der Waals surface area contributed by atoms with Gasteiger partial charge >= 0.3 is 0 Å². The summed E-state index contributed by atoms with van der Waals surface area (Å²) in [5.41, 5.74) is 2.67. The van der Waals surface area contributed by atoms with Crippen LogP contribution in [0.4, 0.5) is 0 Å². The number of fused-ring (bicyclic) bond motifs is 1. The lowest BCUT2D eigenvalue weighted by molar-refractivity contribution is 0.0673. The molecule has 1 amide bonds. The van der Waals surface area contributed by atoms with Gasteiger partial charge in [-0.25, -0.2) is 0 Å². The van der Waals surface area contributed by atoms with Gasteiger partial charge in [-0.1, -0.05) is 5.21 Å². The van der Waals surface area contributed by atoms with Crippen molar-refractivity contribution in [3.63, 3.8) is 0 Å². The fourth-order valence-electron chi connectivity index (χ4n) is 2.67. The lowest BCUT2D eigenvalue weighted by atomic mass is 9.98. The minimum absolute atomic E-state index is 0.0451. The van der Waals surface area contributed by atoms with Gasteiger partial charge in [-0.15, -0.1) is 5.10 Å². The molecule has 0 saturated carbocycles. The maximum Gasteiger partial charge on any atom is 0.255 e. The molecule has 0 spiro atoms. The van der Waals surface area contributed by atoms with Crippen LogP contribution in [0.15, 0.2) is 16.8 Å². The number of carbonyl (C=O) groups excluding carboxylic acids is 1. The molecule has 0 aliphatic carbocycles. The number of aryl methyl sites for hydroxylation is 1. The van der Waals surface area contributed by atoms with Gasteiger partial charge in [0, 0.05) is 32.0 Å². The number of thiophene rings is 1. The highest BCUT2D eigenvalue weighted by Gasteiger charge is 2.32. The van der Waals surface area contributed by atoms with Crippen molar-refractivity contribution in [1.29, 1.82) is 0 Å². The molecular weight excluding hydrogens is 276 g/mol. The number of amides is 1. The summed E-state index contributed by atoms with van der Waals surface area (Å²) in [6.07, 6.45) is 0. The molecule has 0 fully saturated rings. The molecule has 2 aromatic heterocycles. The second-order valence-electron chi connectivity index (χ2n) is 4.89. The van der Waals surface area contributed by atoms with Crippen LogP contribution in [-0.2, 0) is 18.3 Å². The lowest BCUT2D eigenvalue weighted by Gasteiger charge is -2.31. The fraction of sp³-hybridized carbons (Fsp3) is 0.462. The summed E-state index contributed by atoms with van der Waals surface area (Å²) in [6.45, 7) is 1.70.